The first kappa shape index (κ1) is 18.4. The van der Waals surface area contributed by atoms with E-state index < -0.39 is 6.04 Å². The third kappa shape index (κ3) is 3.01. The summed E-state index contributed by atoms with van der Waals surface area (Å²) < 4.78 is 0. The van der Waals surface area contributed by atoms with E-state index in [9.17, 15) is 14.9 Å². The normalized spacial score (nSPS) is 27.7. The van der Waals surface area contributed by atoms with Crippen molar-refractivity contribution >= 4 is 17.5 Å². The highest BCUT2D eigenvalue weighted by molar-refractivity contribution is 6.01. The van der Waals surface area contributed by atoms with Crippen molar-refractivity contribution in [1.82, 2.24) is 9.80 Å². The number of likely N-dealkylation sites (tertiary alicyclic amines) is 2. The summed E-state index contributed by atoms with van der Waals surface area (Å²) in [6, 6.07) is 9.92. The van der Waals surface area contributed by atoms with Crippen LogP contribution in [-0.2, 0) is 9.59 Å². The Bertz CT molecular complexity index is 870. The third-order valence-electron chi connectivity index (χ3n) is 5.98. The molecular weight excluding hydrogens is 356 g/mol. The average Bonchev–Trinajstić information content (AvgIpc) is 3.41. The van der Waals surface area contributed by atoms with Crippen molar-refractivity contribution < 1.29 is 9.59 Å². The second-order valence-electron chi connectivity index (χ2n) is 7.65. The van der Waals surface area contributed by atoms with Gasteiger partial charge in [-0.05, 0) is 43.5 Å². The van der Waals surface area contributed by atoms with Crippen LogP contribution in [-0.4, -0.2) is 65.4 Å². The first-order valence-electron chi connectivity index (χ1n) is 9.56. The molecule has 0 spiro atoms. The van der Waals surface area contributed by atoms with Gasteiger partial charge in [-0.3, -0.25) is 14.5 Å². The maximum atomic E-state index is 12.9. The molecule has 0 aromatic heterocycles. The summed E-state index contributed by atoms with van der Waals surface area (Å²) in [5.41, 5.74) is 7.51. The molecule has 4 atom stereocenters. The Balaban J connectivity index is 1.40. The van der Waals surface area contributed by atoms with E-state index in [2.05, 4.69) is 12.1 Å². The summed E-state index contributed by atoms with van der Waals surface area (Å²) in [6.45, 7) is 1.56. The lowest BCUT2D eigenvalue weighted by Gasteiger charge is -2.35. The Morgan fingerprint density at radius 3 is 2.68 bits per heavy atom. The summed E-state index contributed by atoms with van der Waals surface area (Å²) in [6.07, 6.45) is 2.23. The lowest BCUT2D eigenvalue weighted by Crippen LogP contribution is -2.56. The SMILES string of the molecule is N#Cc1ccc(N2C(=O)[C@@H]3CC2CN3CC(N)C(=O)N2CCCC2C#N)cc1. The van der Waals surface area contributed by atoms with Gasteiger partial charge in [0.2, 0.25) is 11.8 Å². The van der Waals surface area contributed by atoms with Gasteiger partial charge in [0.05, 0.1) is 35.8 Å². The van der Waals surface area contributed by atoms with E-state index in [1.807, 2.05) is 4.90 Å². The van der Waals surface area contributed by atoms with E-state index in [-0.39, 0.29) is 29.9 Å². The van der Waals surface area contributed by atoms with E-state index in [1.165, 1.54) is 0 Å². The van der Waals surface area contributed by atoms with Crippen LogP contribution in [0.1, 0.15) is 24.8 Å². The van der Waals surface area contributed by atoms with E-state index in [0.29, 0.717) is 38.0 Å². The van der Waals surface area contributed by atoms with Gasteiger partial charge in [-0.1, -0.05) is 0 Å². The van der Waals surface area contributed by atoms with Crippen LogP contribution < -0.4 is 10.6 Å². The largest absolute Gasteiger partial charge is 0.325 e. The van der Waals surface area contributed by atoms with Crippen molar-refractivity contribution in [2.24, 2.45) is 5.73 Å². The number of hydrogen-bond acceptors (Lipinski definition) is 6. The molecule has 3 unspecified atom stereocenters. The molecule has 2 N–H and O–H groups in total. The van der Waals surface area contributed by atoms with Gasteiger partial charge in [-0.25, -0.2) is 0 Å². The van der Waals surface area contributed by atoms with Crippen molar-refractivity contribution in [3.63, 3.8) is 0 Å². The molecule has 3 heterocycles. The second-order valence-corrected chi connectivity index (χ2v) is 7.65. The fourth-order valence-corrected chi connectivity index (χ4v) is 4.61. The van der Waals surface area contributed by atoms with Crippen molar-refractivity contribution in [2.75, 3.05) is 24.5 Å². The van der Waals surface area contributed by atoms with Crippen molar-refractivity contribution in [1.29, 1.82) is 10.5 Å². The number of anilines is 1. The van der Waals surface area contributed by atoms with Gasteiger partial charge < -0.3 is 15.5 Å². The van der Waals surface area contributed by atoms with Gasteiger partial charge in [-0.15, -0.1) is 0 Å². The minimum Gasteiger partial charge on any atom is -0.325 e. The smallest absolute Gasteiger partial charge is 0.244 e. The number of nitrogens with two attached hydrogens (primary N) is 1. The molecule has 0 aliphatic carbocycles. The number of piperazine rings is 1. The van der Waals surface area contributed by atoms with E-state index in [1.54, 1.807) is 34.1 Å². The zero-order chi connectivity index (χ0) is 19.8. The quantitative estimate of drug-likeness (QED) is 0.799. The number of benzene rings is 1. The standard InChI is InChI=1S/C20H22N6O2/c21-9-13-3-5-14(6-4-13)26-16-8-18(20(26)28)24(11-16)12-17(23)19(27)25-7-1-2-15(25)10-22/h3-6,15-18H,1-2,7-8,11-12,23H2/t15?,16?,17?,18-/m0/s1. The Morgan fingerprint density at radius 2 is 2.04 bits per heavy atom. The monoisotopic (exact) mass is 378 g/mol. The summed E-state index contributed by atoms with van der Waals surface area (Å²) in [5, 5.41) is 18.1. The molecule has 8 heteroatoms. The molecule has 8 nitrogen and oxygen atoms in total. The number of amides is 2. The van der Waals surface area contributed by atoms with Crippen LogP contribution in [0.15, 0.2) is 24.3 Å². The maximum absolute atomic E-state index is 12.9. The maximum Gasteiger partial charge on any atom is 0.244 e. The van der Waals surface area contributed by atoms with Crippen LogP contribution >= 0.6 is 0 Å². The Labute approximate surface area is 163 Å². The van der Waals surface area contributed by atoms with Gasteiger partial charge in [0, 0.05) is 25.3 Å². The molecule has 3 fully saturated rings. The Kier molecular flexibility index (Phi) is 4.76. The van der Waals surface area contributed by atoms with Crippen LogP contribution in [0.2, 0.25) is 0 Å². The van der Waals surface area contributed by atoms with Crippen molar-refractivity contribution in [2.45, 2.75) is 43.4 Å². The van der Waals surface area contributed by atoms with E-state index in [0.717, 1.165) is 12.1 Å². The Hall–Kier alpha value is -2.94. The van der Waals surface area contributed by atoms with E-state index >= 15 is 0 Å². The van der Waals surface area contributed by atoms with Gasteiger partial charge in [0.1, 0.15) is 6.04 Å². The fourth-order valence-electron chi connectivity index (χ4n) is 4.61. The lowest BCUT2D eigenvalue weighted by molar-refractivity contribution is -0.134. The zero-order valence-corrected chi connectivity index (χ0v) is 15.5. The molecule has 4 rings (SSSR count). The number of rotatable bonds is 4. The van der Waals surface area contributed by atoms with Crippen LogP contribution in [0.5, 0.6) is 0 Å². The van der Waals surface area contributed by atoms with Crippen molar-refractivity contribution in [3.05, 3.63) is 29.8 Å². The number of hydrogen-bond donors (Lipinski definition) is 1. The number of fused-ring (bicyclic) bond motifs is 2. The molecule has 3 aliphatic rings. The summed E-state index contributed by atoms with van der Waals surface area (Å²) in [4.78, 5) is 30.9. The number of carbonyl (C=O) groups excluding carboxylic acids is 2. The predicted molar refractivity (Wildman–Crippen MR) is 101 cm³/mol. The highest BCUT2D eigenvalue weighted by Crippen LogP contribution is 2.35. The van der Waals surface area contributed by atoms with Crippen LogP contribution in [0.4, 0.5) is 5.69 Å². The molecule has 3 saturated heterocycles. The minimum atomic E-state index is -0.732. The van der Waals surface area contributed by atoms with Gasteiger partial charge >= 0.3 is 0 Å². The van der Waals surface area contributed by atoms with Crippen LogP contribution in [0.25, 0.3) is 0 Å². The number of nitriles is 2. The topological polar surface area (TPSA) is 117 Å². The fraction of sp³-hybridized carbons (Fsp3) is 0.500. The highest BCUT2D eigenvalue weighted by Gasteiger charge is 2.50. The summed E-state index contributed by atoms with van der Waals surface area (Å²) in [7, 11) is 0. The molecule has 1 aromatic carbocycles. The van der Waals surface area contributed by atoms with Gasteiger partial charge in [0.25, 0.3) is 0 Å². The third-order valence-corrected chi connectivity index (χ3v) is 5.98. The predicted octanol–water partition coefficient (Wildman–Crippen LogP) is 0.190. The molecule has 0 radical (unpaired) electrons. The molecule has 2 bridgehead atoms. The van der Waals surface area contributed by atoms with Crippen LogP contribution in [0, 0.1) is 22.7 Å². The number of carbonyl (C=O) groups is 2. The Morgan fingerprint density at radius 1 is 1.29 bits per heavy atom. The molecule has 2 amide bonds. The van der Waals surface area contributed by atoms with Gasteiger partial charge in [0.15, 0.2) is 0 Å². The first-order chi connectivity index (χ1) is 13.5. The van der Waals surface area contributed by atoms with E-state index in [4.69, 9.17) is 11.0 Å². The van der Waals surface area contributed by atoms with Crippen LogP contribution in [0.3, 0.4) is 0 Å². The highest BCUT2D eigenvalue weighted by atomic mass is 16.2. The molecule has 144 valence electrons. The molecular formula is C20H22N6O2. The first-order valence-corrected chi connectivity index (χ1v) is 9.56. The molecule has 1 aromatic rings. The second kappa shape index (κ2) is 7.23. The average molecular weight is 378 g/mol. The molecule has 3 aliphatic heterocycles. The lowest BCUT2D eigenvalue weighted by atomic mass is 10.1. The number of nitrogens with zero attached hydrogens (tertiary/aromatic N) is 5. The summed E-state index contributed by atoms with van der Waals surface area (Å²) >= 11 is 0. The molecule has 28 heavy (non-hydrogen) atoms. The van der Waals surface area contributed by atoms with Crippen molar-refractivity contribution in [3.8, 4) is 12.1 Å². The molecule has 0 saturated carbocycles. The zero-order valence-electron chi connectivity index (χ0n) is 15.5. The summed E-state index contributed by atoms with van der Waals surface area (Å²) in [5.74, 6) is -0.195. The minimum absolute atomic E-state index is 0.0108. The van der Waals surface area contributed by atoms with Gasteiger partial charge in [-0.2, -0.15) is 10.5 Å².